The Morgan fingerprint density at radius 2 is 1.96 bits per heavy atom. The van der Waals surface area contributed by atoms with Gasteiger partial charge in [-0.3, -0.25) is 15.5 Å². The molecule has 0 aromatic heterocycles. The lowest BCUT2D eigenvalue weighted by Crippen LogP contribution is -2.28. The van der Waals surface area contributed by atoms with Crippen molar-refractivity contribution in [2.45, 2.75) is 6.61 Å². The topological polar surface area (TPSA) is 103 Å². The summed E-state index contributed by atoms with van der Waals surface area (Å²) in [5.74, 6) is -0.384. The van der Waals surface area contributed by atoms with Crippen LogP contribution >= 0.6 is 0 Å². The lowest BCUT2D eigenvalue weighted by atomic mass is 10.2. The standard InChI is InChI=1S/C15H14FN3O5/c1-23-15(20)18-17-12-6-7-13(19(21)22)14(8-12)24-9-10-2-4-11(16)5-3-10/h2-8,17H,9H2,1H3,(H,18,20). The Kier molecular flexibility index (Phi) is 5.50. The lowest BCUT2D eigenvalue weighted by molar-refractivity contribution is -0.385. The molecular weight excluding hydrogens is 321 g/mol. The number of anilines is 1. The Morgan fingerprint density at radius 3 is 2.58 bits per heavy atom. The zero-order valence-electron chi connectivity index (χ0n) is 12.6. The first-order chi connectivity index (χ1) is 11.5. The number of rotatable bonds is 6. The number of ether oxygens (including phenoxy) is 2. The van der Waals surface area contributed by atoms with Crippen LogP contribution in [-0.4, -0.2) is 18.1 Å². The summed E-state index contributed by atoms with van der Waals surface area (Å²) < 4.78 is 22.7. The Morgan fingerprint density at radius 1 is 1.25 bits per heavy atom. The van der Waals surface area contributed by atoms with E-state index in [-0.39, 0.29) is 23.9 Å². The van der Waals surface area contributed by atoms with Gasteiger partial charge in [0.2, 0.25) is 0 Å². The third-order valence-electron chi connectivity index (χ3n) is 2.96. The molecule has 0 aliphatic rings. The van der Waals surface area contributed by atoms with Crippen LogP contribution < -0.4 is 15.6 Å². The van der Waals surface area contributed by atoms with Gasteiger partial charge in [0.25, 0.3) is 0 Å². The molecule has 2 aromatic rings. The first kappa shape index (κ1) is 17.0. The number of benzene rings is 2. The molecule has 0 saturated heterocycles. The molecule has 9 heteroatoms. The van der Waals surface area contributed by atoms with Crippen molar-refractivity contribution in [1.29, 1.82) is 0 Å². The third kappa shape index (κ3) is 4.57. The van der Waals surface area contributed by atoms with Crippen LogP contribution in [0.1, 0.15) is 5.56 Å². The minimum absolute atomic E-state index is 0.000917. The molecule has 8 nitrogen and oxygen atoms in total. The summed E-state index contributed by atoms with van der Waals surface area (Å²) in [7, 11) is 1.20. The number of amides is 1. The molecule has 2 rings (SSSR count). The number of nitrogens with zero attached hydrogens (tertiary/aromatic N) is 1. The van der Waals surface area contributed by atoms with E-state index < -0.39 is 11.0 Å². The average Bonchev–Trinajstić information content (AvgIpc) is 2.59. The van der Waals surface area contributed by atoms with Crippen LogP contribution in [-0.2, 0) is 11.3 Å². The largest absolute Gasteiger partial charge is 0.482 e. The predicted molar refractivity (Wildman–Crippen MR) is 83.0 cm³/mol. The number of nitro groups is 1. The maximum Gasteiger partial charge on any atom is 0.425 e. The zero-order chi connectivity index (χ0) is 17.5. The highest BCUT2D eigenvalue weighted by Gasteiger charge is 2.16. The highest BCUT2D eigenvalue weighted by molar-refractivity contribution is 5.69. The monoisotopic (exact) mass is 335 g/mol. The van der Waals surface area contributed by atoms with Gasteiger partial charge in [-0.15, -0.1) is 0 Å². The maximum atomic E-state index is 12.9. The fourth-order valence-electron chi connectivity index (χ4n) is 1.77. The zero-order valence-corrected chi connectivity index (χ0v) is 12.6. The number of halogens is 1. The first-order valence-electron chi connectivity index (χ1n) is 6.75. The van der Waals surface area contributed by atoms with E-state index in [4.69, 9.17) is 4.74 Å². The Hall–Kier alpha value is -3.36. The molecule has 24 heavy (non-hydrogen) atoms. The molecule has 0 saturated carbocycles. The molecule has 0 atom stereocenters. The van der Waals surface area contributed by atoms with E-state index >= 15 is 0 Å². The van der Waals surface area contributed by atoms with Gasteiger partial charge in [0.1, 0.15) is 12.4 Å². The number of hydrogen-bond acceptors (Lipinski definition) is 6. The summed E-state index contributed by atoms with van der Waals surface area (Å²) in [4.78, 5) is 21.5. The lowest BCUT2D eigenvalue weighted by Gasteiger charge is -2.11. The molecule has 2 N–H and O–H groups in total. The molecule has 126 valence electrons. The number of hydrazine groups is 1. The maximum absolute atomic E-state index is 12.9. The number of carbonyl (C=O) groups is 1. The second kappa shape index (κ2) is 7.77. The van der Waals surface area contributed by atoms with Crippen molar-refractivity contribution < 1.29 is 23.6 Å². The van der Waals surface area contributed by atoms with Crippen LogP contribution in [0.3, 0.4) is 0 Å². The van der Waals surface area contributed by atoms with Crippen molar-refractivity contribution in [3.05, 3.63) is 64.0 Å². The summed E-state index contributed by atoms with van der Waals surface area (Å²) >= 11 is 0. The van der Waals surface area contributed by atoms with Crippen molar-refractivity contribution in [2.24, 2.45) is 0 Å². The number of nitrogens with one attached hydrogen (secondary N) is 2. The summed E-state index contributed by atoms with van der Waals surface area (Å²) in [6.07, 6.45) is -0.720. The van der Waals surface area contributed by atoms with E-state index in [1.54, 1.807) is 0 Å². The molecule has 0 spiro atoms. The van der Waals surface area contributed by atoms with Gasteiger partial charge in [0.15, 0.2) is 5.75 Å². The summed E-state index contributed by atoms with van der Waals surface area (Å²) in [5, 5.41) is 11.1. The van der Waals surface area contributed by atoms with Crippen molar-refractivity contribution >= 4 is 17.5 Å². The SMILES string of the molecule is COC(=O)NNc1ccc([N+](=O)[O-])c(OCc2ccc(F)cc2)c1. The highest BCUT2D eigenvalue weighted by Crippen LogP contribution is 2.30. The fraction of sp³-hybridized carbons (Fsp3) is 0.133. The number of carbonyl (C=O) groups excluding carboxylic acids is 1. The highest BCUT2D eigenvalue weighted by atomic mass is 19.1. The first-order valence-corrected chi connectivity index (χ1v) is 6.75. The summed E-state index contributed by atoms with van der Waals surface area (Å²) in [6, 6.07) is 9.57. The van der Waals surface area contributed by atoms with Crippen LogP contribution in [0.2, 0.25) is 0 Å². The van der Waals surface area contributed by atoms with Gasteiger partial charge in [-0.1, -0.05) is 12.1 Å². The van der Waals surface area contributed by atoms with Gasteiger partial charge in [0, 0.05) is 12.1 Å². The third-order valence-corrected chi connectivity index (χ3v) is 2.96. The minimum atomic E-state index is -0.720. The molecule has 0 fully saturated rings. The van der Waals surface area contributed by atoms with Gasteiger partial charge in [-0.25, -0.2) is 14.6 Å². The van der Waals surface area contributed by atoms with E-state index in [9.17, 15) is 19.3 Å². The number of methoxy groups -OCH3 is 1. The van der Waals surface area contributed by atoms with Crippen LogP contribution in [0.15, 0.2) is 42.5 Å². The van der Waals surface area contributed by atoms with E-state index in [0.717, 1.165) is 0 Å². The average molecular weight is 335 g/mol. The smallest absolute Gasteiger partial charge is 0.425 e. The minimum Gasteiger partial charge on any atom is -0.482 e. The van der Waals surface area contributed by atoms with Crippen molar-refractivity contribution in [1.82, 2.24) is 5.43 Å². The quantitative estimate of drug-likeness (QED) is 0.621. The Bertz CT molecular complexity index is 736. The second-order valence-electron chi connectivity index (χ2n) is 4.60. The molecule has 0 radical (unpaired) electrons. The molecule has 0 bridgehead atoms. The van der Waals surface area contributed by atoms with E-state index in [1.165, 1.54) is 49.6 Å². The molecule has 1 amide bonds. The van der Waals surface area contributed by atoms with E-state index in [1.807, 2.05) is 0 Å². The molecule has 2 aromatic carbocycles. The predicted octanol–water partition coefficient (Wildman–Crippen LogP) is 3.00. The summed E-state index contributed by atoms with van der Waals surface area (Å²) in [5.41, 5.74) is 5.53. The Labute approximate surface area is 136 Å². The Balaban J connectivity index is 2.13. The van der Waals surface area contributed by atoms with E-state index in [0.29, 0.717) is 11.3 Å². The van der Waals surface area contributed by atoms with Crippen LogP contribution in [0, 0.1) is 15.9 Å². The van der Waals surface area contributed by atoms with Crippen molar-refractivity contribution in [3.8, 4) is 5.75 Å². The van der Waals surface area contributed by atoms with Crippen LogP contribution in [0.4, 0.5) is 20.6 Å². The van der Waals surface area contributed by atoms with Gasteiger partial charge in [0.05, 0.1) is 17.7 Å². The normalized spacial score (nSPS) is 9.92. The van der Waals surface area contributed by atoms with Crippen LogP contribution in [0.5, 0.6) is 5.75 Å². The van der Waals surface area contributed by atoms with Gasteiger partial charge in [-0.2, -0.15) is 0 Å². The number of nitro benzene ring substituents is 1. The molecular formula is C15H14FN3O5. The molecule has 0 aliphatic carbocycles. The molecule has 0 heterocycles. The summed E-state index contributed by atoms with van der Waals surface area (Å²) in [6.45, 7) is 0.0228. The molecule has 0 unspecified atom stereocenters. The van der Waals surface area contributed by atoms with E-state index in [2.05, 4.69) is 15.6 Å². The fourth-order valence-corrected chi connectivity index (χ4v) is 1.77. The van der Waals surface area contributed by atoms with Gasteiger partial charge in [-0.05, 0) is 23.8 Å². The van der Waals surface area contributed by atoms with Crippen LogP contribution in [0.25, 0.3) is 0 Å². The molecule has 0 aliphatic heterocycles. The van der Waals surface area contributed by atoms with Crippen molar-refractivity contribution in [2.75, 3.05) is 12.5 Å². The van der Waals surface area contributed by atoms with Crippen molar-refractivity contribution in [3.63, 3.8) is 0 Å². The number of hydrogen-bond donors (Lipinski definition) is 2. The van der Waals surface area contributed by atoms with Gasteiger partial charge < -0.3 is 9.47 Å². The second-order valence-corrected chi connectivity index (χ2v) is 4.60. The van der Waals surface area contributed by atoms with Gasteiger partial charge >= 0.3 is 11.8 Å².